The lowest BCUT2D eigenvalue weighted by atomic mass is 10.1. The van der Waals surface area contributed by atoms with Gasteiger partial charge in [-0.25, -0.2) is 19.4 Å². The van der Waals surface area contributed by atoms with Gasteiger partial charge in [0.2, 0.25) is 0 Å². The summed E-state index contributed by atoms with van der Waals surface area (Å²) in [6.45, 7) is 1.85. The molecule has 1 aromatic carbocycles. The van der Waals surface area contributed by atoms with Crippen LogP contribution in [0.1, 0.15) is 5.69 Å². The summed E-state index contributed by atoms with van der Waals surface area (Å²) in [5.74, 6) is 0. The Bertz CT molecular complexity index is 1230. The first kappa shape index (κ1) is 16.0. The highest BCUT2D eigenvalue weighted by atomic mass is 35.5. The van der Waals surface area contributed by atoms with E-state index in [1.807, 2.05) is 19.1 Å². The number of fused-ring (bicyclic) bond motifs is 3. The molecule has 10 heteroatoms. The van der Waals surface area contributed by atoms with E-state index in [4.69, 9.17) is 17.3 Å². The number of aryl methyl sites for hydroxylation is 1. The Labute approximate surface area is 151 Å². The molecular formula is C16H12ClN7O2. The van der Waals surface area contributed by atoms with Crippen molar-refractivity contribution in [3.05, 3.63) is 57.6 Å². The molecule has 26 heavy (non-hydrogen) atoms. The second-order valence-corrected chi connectivity index (χ2v) is 6.04. The Kier molecular flexibility index (Phi) is 3.58. The van der Waals surface area contributed by atoms with E-state index in [-0.39, 0.29) is 5.52 Å². The van der Waals surface area contributed by atoms with Gasteiger partial charge in [0.1, 0.15) is 5.52 Å². The van der Waals surface area contributed by atoms with Crippen molar-refractivity contribution in [3.63, 3.8) is 0 Å². The minimum absolute atomic E-state index is 0.0545. The number of primary amides is 1. The van der Waals surface area contributed by atoms with E-state index >= 15 is 0 Å². The summed E-state index contributed by atoms with van der Waals surface area (Å²) in [6, 6.07) is 8.04. The largest absolute Gasteiger partial charge is 0.350 e. The number of urea groups is 1. The maximum absolute atomic E-state index is 12.4. The number of benzene rings is 1. The van der Waals surface area contributed by atoms with Crippen LogP contribution < -0.4 is 16.7 Å². The lowest BCUT2D eigenvalue weighted by Crippen LogP contribution is -2.36. The zero-order valence-corrected chi connectivity index (χ0v) is 14.2. The maximum atomic E-state index is 12.4. The fraction of sp³-hybridized carbons (Fsp3) is 0.0625. The summed E-state index contributed by atoms with van der Waals surface area (Å²) in [5, 5.41) is 13.3. The van der Waals surface area contributed by atoms with Gasteiger partial charge in [-0.1, -0.05) is 23.7 Å². The minimum Gasteiger partial charge on any atom is -0.350 e. The van der Waals surface area contributed by atoms with Crippen LogP contribution in [-0.2, 0) is 0 Å². The van der Waals surface area contributed by atoms with E-state index < -0.39 is 11.6 Å². The van der Waals surface area contributed by atoms with Crippen LogP contribution in [-0.4, -0.2) is 30.5 Å². The number of hydrogen-bond acceptors (Lipinski definition) is 5. The quantitative estimate of drug-likeness (QED) is 0.557. The van der Waals surface area contributed by atoms with Crippen molar-refractivity contribution >= 4 is 34.3 Å². The monoisotopic (exact) mass is 369 g/mol. The highest BCUT2D eigenvalue weighted by molar-refractivity contribution is 6.30. The van der Waals surface area contributed by atoms with Crippen LogP contribution in [0.4, 0.5) is 4.79 Å². The first-order valence-corrected chi connectivity index (χ1v) is 7.93. The van der Waals surface area contributed by atoms with Gasteiger partial charge >= 0.3 is 6.03 Å². The van der Waals surface area contributed by atoms with Crippen LogP contribution in [0.15, 0.2) is 41.3 Å². The first-order chi connectivity index (χ1) is 12.5. The van der Waals surface area contributed by atoms with Gasteiger partial charge in [-0.2, -0.15) is 5.10 Å². The third kappa shape index (κ3) is 2.45. The standard InChI is InChI=1S/C16H12ClN7O2/c1-8-12(9-2-4-10(17)5-3-9)14-20-19-13-11(24(14)21-8)6-7-23(15(13)25)22-16(18)26/h2-7H,1H3,(H3,18,22,26). The zero-order chi connectivity index (χ0) is 18.4. The second-order valence-electron chi connectivity index (χ2n) is 5.60. The van der Waals surface area contributed by atoms with E-state index in [0.29, 0.717) is 16.2 Å². The predicted octanol–water partition coefficient (Wildman–Crippen LogP) is 1.69. The molecule has 2 amide bonds. The van der Waals surface area contributed by atoms with Gasteiger partial charge in [0.25, 0.3) is 5.56 Å². The molecule has 4 aromatic rings. The Hall–Kier alpha value is -3.46. The first-order valence-electron chi connectivity index (χ1n) is 7.55. The van der Waals surface area contributed by atoms with E-state index in [1.165, 1.54) is 6.20 Å². The van der Waals surface area contributed by atoms with Crippen LogP contribution in [0.5, 0.6) is 0 Å². The summed E-state index contributed by atoms with van der Waals surface area (Å²) in [4.78, 5) is 23.4. The molecular weight excluding hydrogens is 358 g/mol. The molecule has 0 saturated heterocycles. The predicted molar refractivity (Wildman–Crippen MR) is 96.7 cm³/mol. The summed E-state index contributed by atoms with van der Waals surface area (Å²) >= 11 is 5.95. The topological polar surface area (TPSA) is 120 Å². The fourth-order valence-electron chi connectivity index (χ4n) is 2.81. The second kappa shape index (κ2) is 5.81. The molecule has 0 unspecified atom stereocenters. The van der Waals surface area contributed by atoms with E-state index in [1.54, 1.807) is 22.7 Å². The molecule has 3 aromatic heterocycles. The number of aromatic nitrogens is 5. The SMILES string of the molecule is Cc1nn2c(nnc3c(=O)n(NC(N)=O)ccc32)c1-c1ccc(Cl)cc1. The number of halogens is 1. The van der Waals surface area contributed by atoms with Gasteiger partial charge in [0.05, 0.1) is 11.3 Å². The van der Waals surface area contributed by atoms with Crippen molar-refractivity contribution in [3.8, 4) is 11.1 Å². The van der Waals surface area contributed by atoms with Crippen molar-refractivity contribution in [1.29, 1.82) is 0 Å². The number of carbonyl (C=O) groups is 1. The van der Waals surface area contributed by atoms with Crippen molar-refractivity contribution < 1.29 is 4.79 Å². The van der Waals surface area contributed by atoms with Gasteiger partial charge in [0.15, 0.2) is 11.2 Å². The number of rotatable bonds is 2. The number of hydrogen-bond donors (Lipinski definition) is 2. The average molecular weight is 370 g/mol. The Morgan fingerprint density at radius 1 is 1.19 bits per heavy atom. The highest BCUT2D eigenvalue weighted by Gasteiger charge is 2.17. The van der Waals surface area contributed by atoms with Crippen molar-refractivity contribution in [2.24, 2.45) is 5.73 Å². The van der Waals surface area contributed by atoms with Crippen molar-refractivity contribution in [2.45, 2.75) is 6.92 Å². The van der Waals surface area contributed by atoms with E-state index in [2.05, 4.69) is 20.7 Å². The molecule has 3 heterocycles. The van der Waals surface area contributed by atoms with E-state index in [9.17, 15) is 9.59 Å². The summed E-state index contributed by atoms with van der Waals surface area (Å²) < 4.78 is 2.50. The molecule has 0 spiro atoms. The number of carbonyl (C=O) groups excluding carboxylic acids is 1. The molecule has 130 valence electrons. The van der Waals surface area contributed by atoms with Crippen molar-refractivity contribution in [2.75, 3.05) is 5.43 Å². The van der Waals surface area contributed by atoms with Crippen LogP contribution in [0.25, 0.3) is 27.8 Å². The molecule has 0 atom stereocenters. The van der Waals surface area contributed by atoms with Crippen LogP contribution in [0, 0.1) is 6.92 Å². The smallest absolute Gasteiger partial charge is 0.331 e. The molecule has 4 rings (SSSR count). The van der Waals surface area contributed by atoms with Crippen LogP contribution >= 0.6 is 11.6 Å². The molecule has 0 aliphatic heterocycles. The number of pyridine rings is 1. The molecule has 3 N–H and O–H groups in total. The molecule has 0 bridgehead atoms. The van der Waals surface area contributed by atoms with Crippen LogP contribution in [0.2, 0.25) is 5.02 Å². The summed E-state index contributed by atoms with van der Waals surface area (Å²) in [6.07, 6.45) is 1.38. The Morgan fingerprint density at radius 3 is 2.62 bits per heavy atom. The number of nitrogens with one attached hydrogen (secondary N) is 1. The average Bonchev–Trinajstić information content (AvgIpc) is 2.94. The number of nitrogens with two attached hydrogens (primary N) is 1. The lowest BCUT2D eigenvalue weighted by Gasteiger charge is -2.06. The zero-order valence-electron chi connectivity index (χ0n) is 13.5. The maximum Gasteiger partial charge on any atom is 0.331 e. The highest BCUT2D eigenvalue weighted by Crippen LogP contribution is 2.28. The fourth-order valence-corrected chi connectivity index (χ4v) is 2.94. The van der Waals surface area contributed by atoms with Gasteiger partial charge in [-0.15, -0.1) is 10.2 Å². The van der Waals surface area contributed by atoms with Gasteiger partial charge in [-0.05, 0) is 30.7 Å². The van der Waals surface area contributed by atoms with Gasteiger partial charge in [-0.3, -0.25) is 4.79 Å². The molecule has 0 radical (unpaired) electrons. The third-order valence-corrected chi connectivity index (χ3v) is 4.17. The van der Waals surface area contributed by atoms with Gasteiger partial charge in [0, 0.05) is 11.2 Å². The summed E-state index contributed by atoms with van der Waals surface area (Å²) in [7, 11) is 0. The lowest BCUT2D eigenvalue weighted by molar-refractivity contribution is 0.256. The molecule has 0 saturated carbocycles. The Balaban J connectivity index is 1.99. The third-order valence-electron chi connectivity index (χ3n) is 3.92. The van der Waals surface area contributed by atoms with Crippen molar-refractivity contribution in [1.82, 2.24) is 24.5 Å². The van der Waals surface area contributed by atoms with E-state index in [0.717, 1.165) is 21.5 Å². The molecule has 0 aliphatic carbocycles. The minimum atomic E-state index is -0.861. The van der Waals surface area contributed by atoms with Crippen LogP contribution in [0.3, 0.4) is 0 Å². The molecule has 0 fully saturated rings. The number of nitrogens with zero attached hydrogens (tertiary/aromatic N) is 5. The number of amides is 2. The van der Waals surface area contributed by atoms with Gasteiger partial charge < -0.3 is 5.73 Å². The Morgan fingerprint density at radius 2 is 1.92 bits per heavy atom. The molecule has 0 aliphatic rings. The normalized spacial score (nSPS) is 11.2. The molecule has 9 nitrogen and oxygen atoms in total. The summed E-state index contributed by atoms with van der Waals surface area (Å²) in [5.41, 5.74) is 10.1.